The topological polar surface area (TPSA) is 59.1 Å². The van der Waals surface area contributed by atoms with E-state index in [9.17, 15) is 9.59 Å². The van der Waals surface area contributed by atoms with Crippen molar-refractivity contribution in [1.82, 2.24) is 9.80 Å². The number of ether oxygens (including phenoxy) is 2. The molecule has 2 aliphatic rings. The molecule has 2 saturated heterocycles. The van der Waals surface area contributed by atoms with Gasteiger partial charge in [0.1, 0.15) is 11.5 Å². The van der Waals surface area contributed by atoms with Gasteiger partial charge in [-0.25, -0.2) is 0 Å². The van der Waals surface area contributed by atoms with Crippen molar-refractivity contribution in [2.45, 2.75) is 65.8 Å². The van der Waals surface area contributed by atoms with Gasteiger partial charge in [0.25, 0.3) is 5.91 Å². The van der Waals surface area contributed by atoms with Crippen LogP contribution in [0.3, 0.4) is 0 Å². The standard InChI is InChI=1S/C31H42N2O4/c1-4-8-29(34)37-27-11-7-10-25(21-27)30(35)33-19-15-31(16-20-33)13-17-32(18-14-31)22-26-9-5-6-12-28(26)36-23-24(2)3/h5-7,9-12,21,24H,4,8,13-20,22-23H2,1-3H3. The molecule has 0 aliphatic carbocycles. The molecule has 1 amide bonds. The first-order valence-corrected chi connectivity index (χ1v) is 13.9. The zero-order valence-corrected chi connectivity index (χ0v) is 22.7. The number of likely N-dealkylation sites (tertiary alicyclic amines) is 2. The molecule has 200 valence electrons. The van der Waals surface area contributed by atoms with Crippen LogP contribution in [0.25, 0.3) is 0 Å². The van der Waals surface area contributed by atoms with E-state index >= 15 is 0 Å². The Bertz CT molecular complexity index is 1050. The predicted molar refractivity (Wildman–Crippen MR) is 146 cm³/mol. The molecule has 0 aromatic heterocycles. The molecule has 6 heteroatoms. The number of hydrogen-bond donors (Lipinski definition) is 0. The van der Waals surface area contributed by atoms with Gasteiger partial charge in [0, 0.05) is 37.2 Å². The fourth-order valence-corrected chi connectivity index (χ4v) is 5.40. The highest BCUT2D eigenvalue weighted by molar-refractivity contribution is 5.94. The van der Waals surface area contributed by atoms with E-state index in [1.165, 1.54) is 18.4 Å². The van der Waals surface area contributed by atoms with E-state index in [1.807, 2.05) is 17.9 Å². The zero-order chi connectivity index (χ0) is 26.3. The van der Waals surface area contributed by atoms with Crippen LogP contribution in [0.5, 0.6) is 11.5 Å². The number of rotatable bonds is 9. The lowest BCUT2D eigenvalue weighted by Gasteiger charge is -2.47. The van der Waals surface area contributed by atoms with Crippen molar-refractivity contribution in [1.29, 1.82) is 0 Å². The van der Waals surface area contributed by atoms with E-state index in [-0.39, 0.29) is 11.9 Å². The molecule has 0 radical (unpaired) electrons. The van der Waals surface area contributed by atoms with Gasteiger partial charge in [-0.15, -0.1) is 0 Å². The normalized spacial score (nSPS) is 17.7. The molecule has 1 spiro atoms. The molecule has 2 heterocycles. The molecule has 2 fully saturated rings. The van der Waals surface area contributed by atoms with Gasteiger partial charge in [0.15, 0.2) is 0 Å². The van der Waals surface area contributed by atoms with Crippen molar-refractivity contribution in [2.75, 3.05) is 32.8 Å². The fourth-order valence-electron chi connectivity index (χ4n) is 5.40. The van der Waals surface area contributed by atoms with Crippen molar-refractivity contribution in [3.8, 4) is 11.5 Å². The Kier molecular flexibility index (Phi) is 9.25. The summed E-state index contributed by atoms with van der Waals surface area (Å²) < 4.78 is 11.5. The van der Waals surface area contributed by atoms with Crippen LogP contribution in [0.1, 0.15) is 75.2 Å². The van der Waals surface area contributed by atoms with Gasteiger partial charge >= 0.3 is 5.97 Å². The van der Waals surface area contributed by atoms with Gasteiger partial charge in [-0.05, 0) is 80.8 Å². The molecular weight excluding hydrogens is 464 g/mol. The number of piperidine rings is 2. The Morgan fingerprint density at radius 3 is 2.35 bits per heavy atom. The van der Waals surface area contributed by atoms with Crippen LogP contribution in [0.2, 0.25) is 0 Å². The van der Waals surface area contributed by atoms with Crippen LogP contribution in [0.4, 0.5) is 0 Å². The number of nitrogens with zero attached hydrogens (tertiary/aromatic N) is 2. The zero-order valence-electron chi connectivity index (χ0n) is 22.7. The number of hydrogen-bond acceptors (Lipinski definition) is 5. The lowest BCUT2D eigenvalue weighted by atomic mass is 9.71. The minimum absolute atomic E-state index is 0.0266. The molecule has 0 atom stereocenters. The largest absolute Gasteiger partial charge is 0.493 e. The number of carbonyl (C=O) groups excluding carboxylic acids is 2. The molecule has 0 N–H and O–H groups in total. The maximum absolute atomic E-state index is 13.2. The first-order chi connectivity index (χ1) is 17.9. The third kappa shape index (κ3) is 7.35. The van der Waals surface area contributed by atoms with Crippen molar-refractivity contribution < 1.29 is 19.1 Å². The summed E-state index contributed by atoms with van der Waals surface area (Å²) in [5.41, 5.74) is 2.19. The number of amides is 1. The van der Waals surface area contributed by atoms with Crippen LogP contribution in [0.15, 0.2) is 48.5 Å². The first kappa shape index (κ1) is 27.2. The van der Waals surface area contributed by atoms with Gasteiger partial charge in [0.05, 0.1) is 6.61 Å². The average Bonchev–Trinajstić information content (AvgIpc) is 2.90. The van der Waals surface area contributed by atoms with Crippen LogP contribution in [-0.2, 0) is 11.3 Å². The maximum atomic E-state index is 13.2. The molecule has 2 aromatic rings. The third-order valence-corrected chi connectivity index (χ3v) is 7.73. The number of esters is 1. The summed E-state index contributed by atoms with van der Waals surface area (Å²) in [5.74, 6) is 1.73. The molecular formula is C31H42N2O4. The molecule has 4 rings (SSSR count). The lowest BCUT2D eigenvalue weighted by Crippen LogP contribution is -2.48. The monoisotopic (exact) mass is 506 g/mol. The molecule has 2 aromatic carbocycles. The fraction of sp³-hybridized carbons (Fsp3) is 0.548. The quantitative estimate of drug-likeness (QED) is 0.311. The van der Waals surface area contributed by atoms with E-state index < -0.39 is 0 Å². The van der Waals surface area contributed by atoms with E-state index in [2.05, 4.69) is 43.0 Å². The highest BCUT2D eigenvalue weighted by Crippen LogP contribution is 2.42. The summed E-state index contributed by atoms with van der Waals surface area (Å²) in [7, 11) is 0. The second-order valence-corrected chi connectivity index (χ2v) is 11.1. The van der Waals surface area contributed by atoms with E-state index in [4.69, 9.17) is 9.47 Å². The second-order valence-electron chi connectivity index (χ2n) is 11.1. The molecule has 37 heavy (non-hydrogen) atoms. The smallest absolute Gasteiger partial charge is 0.311 e. The van der Waals surface area contributed by atoms with Crippen molar-refractivity contribution in [2.24, 2.45) is 11.3 Å². The van der Waals surface area contributed by atoms with E-state index in [0.29, 0.717) is 29.1 Å². The number of carbonyl (C=O) groups is 2. The van der Waals surface area contributed by atoms with Gasteiger partial charge < -0.3 is 14.4 Å². The van der Waals surface area contributed by atoms with Gasteiger partial charge in [-0.1, -0.05) is 45.0 Å². The summed E-state index contributed by atoms with van der Waals surface area (Å²) in [6.45, 7) is 11.7. The van der Waals surface area contributed by atoms with E-state index in [1.54, 1.807) is 18.2 Å². The van der Waals surface area contributed by atoms with Crippen molar-refractivity contribution in [3.05, 3.63) is 59.7 Å². The van der Waals surface area contributed by atoms with E-state index in [0.717, 1.165) is 64.3 Å². The Balaban J connectivity index is 1.27. The highest BCUT2D eigenvalue weighted by Gasteiger charge is 2.38. The molecule has 6 nitrogen and oxygen atoms in total. The number of para-hydroxylation sites is 1. The van der Waals surface area contributed by atoms with Gasteiger partial charge in [-0.3, -0.25) is 14.5 Å². The minimum Gasteiger partial charge on any atom is -0.493 e. The van der Waals surface area contributed by atoms with Crippen LogP contribution < -0.4 is 9.47 Å². The summed E-state index contributed by atoms with van der Waals surface area (Å²) in [5, 5.41) is 0. The summed E-state index contributed by atoms with van der Waals surface area (Å²) >= 11 is 0. The van der Waals surface area contributed by atoms with Crippen LogP contribution in [0, 0.1) is 11.3 Å². The Hall–Kier alpha value is -2.86. The Morgan fingerprint density at radius 1 is 0.946 bits per heavy atom. The summed E-state index contributed by atoms with van der Waals surface area (Å²) in [6, 6.07) is 15.4. The molecule has 2 aliphatic heterocycles. The Labute approximate surface area is 221 Å². The van der Waals surface area contributed by atoms with Gasteiger partial charge in [0.2, 0.25) is 0 Å². The van der Waals surface area contributed by atoms with Gasteiger partial charge in [-0.2, -0.15) is 0 Å². The van der Waals surface area contributed by atoms with Crippen molar-refractivity contribution in [3.63, 3.8) is 0 Å². The van der Waals surface area contributed by atoms with Crippen LogP contribution >= 0.6 is 0 Å². The lowest BCUT2D eigenvalue weighted by molar-refractivity contribution is -0.134. The molecule has 0 bridgehead atoms. The predicted octanol–water partition coefficient (Wildman–Crippen LogP) is 5.95. The summed E-state index contributed by atoms with van der Waals surface area (Å²) in [4.78, 5) is 29.5. The second kappa shape index (κ2) is 12.6. The Morgan fingerprint density at radius 2 is 1.65 bits per heavy atom. The highest BCUT2D eigenvalue weighted by atomic mass is 16.5. The first-order valence-electron chi connectivity index (χ1n) is 13.9. The number of benzene rings is 2. The van der Waals surface area contributed by atoms with Crippen molar-refractivity contribution >= 4 is 11.9 Å². The SMILES string of the molecule is CCCC(=O)Oc1cccc(C(=O)N2CCC3(CCN(Cc4ccccc4OCC(C)C)CC3)CC2)c1. The van der Waals surface area contributed by atoms with Crippen LogP contribution in [-0.4, -0.2) is 54.5 Å². The average molecular weight is 507 g/mol. The molecule has 0 saturated carbocycles. The summed E-state index contributed by atoms with van der Waals surface area (Å²) in [6.07, 6.45) is 5.56. The minimum atomic E-state index is -0.259. The molecule has 0 unspecified atom stereocenters. The third-order valence-electron chi connectivity index (χ3n) is 7.73. The maximum Gasteiger partial charge on any atom is 0.311 e.